The molecule has 33 heavy (non-hydrogen) atoms. The first-order valence-electron chi connectivity index (χ1n) is 9.53. The van der Waals surface area contributed by atoms with Gasteiger partial charge in [0.05, 0.1) is 5.70 Å². The zero-order valence-electron chi connectivity index (χ0n) is 17.8. The van der Waals surface area contributed by atoms with Crippen LogP contribution in [0.15, 0.2) is 59.6 Å². The molecule has 5 nitrogen and oxygen atoms in total. The van der Waals surface area contributed by atoms with Gasteiger partial charge in [0.2, 0.25) is 0 Å². The molecular weight excluding hydrogens is 436 g/mol. The van der Waals surface area contributed by atoms with Crippen molar-refractivity contribution in [2.75, 3.05) is 7.05 Å². The molecule has 3 N–H and O–H groups in total. The van der Waals surface area contributed by atoms with Crippen molar-refractivity contribution in [2.45, 2.75) is 33.7 Å². The Hall–Kier alpha value is -3.46. The first-order valence-corrected chi connectivity index (χ1v) is 9.53. The molecule has 0 heterocycles. The van der Waals surface area contributed by atoms with Gasteiger partial charge in [0.15, 0.2) is 0 Å². The molecule has 9 heteroatoms. The molecule has 0 aromatic heterocycles. The van der Waals surface area contributed by atoms with Gasteiger partial charge in [-0.25, -0.2) is 8.78 Å². The Labute approximate surface area is 191 Å². The molecule has 0 bridgehead atoms. The number of nitrogens with two attached hydrogens (primary N) is 1. The van der Waals surface area contributed by atoms with E-state index in [4.69, 9.17) is 10.5 Å². The normalized spacial score (nSPS) is 11.8. The Kier molecular flexibility index (Phi) is 10.5. The molecule has 0 fully saturated rings. The molecule has 178 valence electrons. The molecule has 2 aromatic rings. The van der Waals surface area contributed by atoms with Crippen molar-refractivity contribution in [1.29, 1.82) is 0 Å². The molecule has 0 aliphatic heterocycles. The minimum absolute atomic E-state index is 0. The zero-order chi connectivity index (χ0) is 23.8. The van der Waals surface area contributed by atoms with Crippen LogP contribution >= 0.6 is 0 Å². The van der Waals surface area contributed by atoms with E-state index in [9.17, 15) is 17.6 Å². The van der Waals surface area contributed by atoms with Gasteiger partial charge in [-0.05, 0) is 30.2 Å². The second-order valence-corrected chi connectivity index (χ2v) is 6.82. The molecule has 0 atom stereocenters. The second kappa shape index (κ2) is 12.5. The summed E-state index contributed by atoms with van der Waals surface area (Å²) in [4.78, 5) is 3.28. The summed E-state index contributed by atoms with van der Waals surface area (Å²) in [5, 5.41) is 4.12. The summed E-state index contributed by atoms with van der Waals surface area (Å²) in [6, 6.07) is 9.30. The first-order chi connectivity index (χ1) is 15.2. The Morgan fingerprint density at radius 3 is 2.15 bits per heavy atom. The fourth-order valence-electron chi connectivity index (χ4n) is 2.67. The van der Waals surface area contributed by atoms with Crippen molar-refractivity contribution in [3.05, 3.63) is 83.4 Å². The zero-order valence-corrected chi connectivity index (χ0v) is 17.8. The van der Waals surface area contributed by atoms with Gasteiger partial charge < -0.3 is 10.5 Å². The van der Waals surface area contributed by atoms with Crippen molar-refractivity contribution >= 4 is 23.1 Å². The van der Waals surface area contributed by atoms with Crippen LogP contribution in [0.25, 0.3) is 11.5 Å². The van der Waals surface area contributed by atoms with Crippen molar-refractivity contribution in [3.8, 4) is 0 Å². The third kappa shape index (κ3) is 7.57. The van der Waals surface area contributed by atoms with Crippen LogP contribution in [0.3, 0.4) is 0 Å². The summed E-state index contributed by atoms with van der Waals surface area (Å²) < 4.78 is 59.4. The summed E-state index contributed by atoms with van der Waals surface area (Å²) in [6.45, 7) is 9.34. The van der Waals surface area contributed by atoms with Crippen LogP contribution in [0.4, 0.5) is 17.6 Å². The van der Waals surface area contributed by atoms with E-state index < -0.39 is 24.0 Å². The van der Waals surface area contributed by atoms with Crippen LogP contribution in [-0.2, 0) is 17.7 Å². The quantitative estimate of drug-likeness (QED) is 0.169. The number of ether oxygens (including phenoxy) is 1. The fraction of sp³-hybridized carbons (Fsp3) is 0.250. The lowest BCUT2D eigenvalue weighted by Crippen LogP contribution is -2.14. The lowest BCUT2D eigenvalue weighted by atomic mass is 10.0. The molecule has 0 aliphatic rings. The van der Waals surface area contributed by atoms with Crippen LogP contribution in [-0.4, -0.2) is 25.1 Å². The highest BCUT2D eigenvalue weighted by Gasteiger charge is 2.19. The van der Waals surface area contributed by atoms with Crippen LogP contribution in [0, 0.1) is 11.6 Å². The molecule has 0 saturated carbocycles. The van der Waals surface area contributed by atoms with Gasteiger partial charge in [-0.2, -0.15) is 13.9 Å². The smallest absolute Gasteiger partial charge is 0.312 e. The summed E-state index contributed by atoms with van der Waals surface area (Å²) in [5.41, 5.74) is 10.6. The van der Waals surface area contributed by atoms with Gasteiger partial charge in [0, 0.05) is 36.9 Å². The highest BCUT2D eigenvalue weighted by atomic mass is 19.3. The summed E-state index contributed by atoms with van der Waals surface area (Å²) >= 11 is 0. The number of aliphatic imine (C=N–C) groups is 1. The summed E-state index contributed by atoms with van der Waals surface area (Å²) in [7, 11) is 1.11. The van der Waals surface area contributed by atoms with Crippen molar-refractivity contribution in [2.24, 2.45) is 15.8 Å². The molecule has 0 saturated heterocycles. The Morgan fingerprint density at radius 2 is 1.67 bits per heavy atom. The predicted octanol–water partition coefficient (Wildman–Crippen LogP) is 5.52. The maximum absolute atomic E-state index is 14.5. The maximum Gasteiger partial charge on any atom is 0.312 e. The van der Waals surface area contributed by atoms with Gasteiger partial charge in [-0.3, -0.25) is 10.4 Å². The highest BCUT2D eigenvalue weighted by molar-refractivity contribution is 5.86. The van der Waals surface area contributed by atoms with E-state index in [1.165, 1.54) is 0 Å². The topological polar surface area (TPSA) is 72.0 Å². The first kappa shape index (κ1) is 27.6. The number of benzene rings is 2. The van der Waals surface area contributed by atoms with Crippen LogP contribution < -0.4 is 11.2 Å². The maximum atomic E-state index is 14.5. The predicted molar refractivity (Wildman–Crippen MR) is 126 cm³/mol. The number of nitrogens with one attached hydrogen (secondary N) is 1. The molecule has 0 unspecified atom stereocenters. The lowest BCUT2D eigenvalue weighted by Gasteiger charge is -2.13. The lowest BCUT2D eigenvalue weighted by molar-refractivity contribution is 0.196. The number of nitrogens with zero attached hydrogens (tertiary/aromatic N) is 2. The van der Waals surface area contributed by atoms with Crippen LogP contribution in [0.1, 0.15) is 36.6 Å². The van der Waals surface area contributed by atoms with Crippen LogP contribution in [0.5, 0.6) is 0 Å². The average molecular weight is 465 g/mol. The number of hydrogen-bond acceptors (Lipinski definition) is 5. The van der Waals surface area contributed by atoms with Gasteiger partial charge in [0.1, 0.15) is 17.4 Å². The van der Waals surface area contributed by atoms with E-state index in [1.807, 2.05) is 24.3 Å². The minimum Gasteiger partial charge on any atom is -0.438 e. The molecule has 0 radical (unpaired) electrons. The molecule has 0 aliphatic carbocycles. The summed E-state index contributed by atoms with van der Waals surface area (Å²) in [5.74, 6) is -3.02. The summed E-state index contributed by atoms with van der Waals surface area (Å²) in [6.07, 6.45) is -3.11. The number of hydrogen-bond donors (Lipinski definition) is 2. The van der Waals surface area contributed by atoms with Gasteiger partial charge in [-0.15, -0.1) is 0 Å². The molecule has 0 amide bonds. The average Bonchev–Trinajstić information content (AvgIpc) is 2.77. The monoisotopic (exact) mass is 464 g/mol. The largest absolute Gasteiger partial charge is 0.438 e. The minimum atomic E-state index is -2.98. The molecule has 0 spiro atoms. The van der Waals surface area contributed by atoms with Crippen LogP contribution in [0.2, 0.25) is 0 Å². The third-order valence-electron chi connectivity index (χ3n) is 4.45. The van der Waals surface area contributed by atoms with Crippen molar-refractivity contribution in [1.82, 2.24) is 5.43 Å². The highest BCUT2D eigenvalue weighted by Crippen LogP contribution is 2.23. The van der Waals surface area contributed by atoms with E-state index in [0.29, 0.717) is 18.0 Å². The van der Waals surface area contributed by atoms with E-state index in [2.05, 4.69) is 28.7 Å². The number of alkyl halides is 2. The van der Waals surface area contributed by atoms with E-state index in [-0.39, 0.29) is 30.7 Å². The SMILES string of the molecule is C.C=C(N/N=C(\C)Cc1c(F)cc(C(=C)OC(=NC)C(F)F)cc1F)c1ccc(CN)cc1. The molecule has 2 rings (SSSR count). The number of rotatable bonds is 9. The second-order valence-electron chi connectivity index (χ2n) is 6.82. The van der Waals surface area contributed by atoms with Gasteiger partial charge in [0.25, 0.3) is 5.90 Å². The number of halogens is 4. The Bertz CT molecular complexity index is 1020. The Morgan fingerprint density at radius 1 is 1.09 bits per heavy atom. The van der Waals surface area contributed by atoms with E-state index in [1.54, 1.807) is 6.92 Å². The van der Waals surface area contributed by atoms with E-state index in [0.717, 1.165) is 30.3 Å². The van der Waals surface area contributed by atoms with Crippen molar-refractivity contribution < 1.29 is 22.3 Å². The fourth-order valence-corrected chi connectivity index (χ4v) is 2.67. The van der Waals surface area contributed by atoms with Gasteiger partial charge in [-0.1, -0.05) is 44.8 Å². The Balaban J connectivity index is 0.00000544. The third-order valence-corrected chi connectivity index (χ3v) is 4.45. The molecule has 2 aromatic carbocycles. The standard InChI is InChI=1S/C23H24F4N4O.CH4/c1-13(30-31-14(2)17-7-5-16(12-28)6-8-17)9-19-20(24)10-18(11-21(19)25)15(3)32-23(29-4)22(26)27;/h5-8,10-11,22,31H,2-3,9,12,28H2,1,4H3;1H4/b29-23?,30-13+;. The van der Waals surface area contributed by atoms with Crippen molar-refractivity contribution in [3.63, 3.8) is 0 Å². The van der Waals surface area contributed by atoms with Gasteiger partial charge >= 0.3 is 6.43 Å². The number of hydrazone groups is 1. The van der Waals surface area contributed by atoms with E-state index >= 15 is 0 Å². The molecular formula is C24H28F4N4O.